The molecule has 0 aliphatic carbocycles. The molecule has 0 saturated heterocycles. The quantitative estimate of drug-likeness (QED) is 0.684. The van der Waals surface area contributed by atoms with Gasteiger partial charge in [0.1, 0.15) is 6.61 Å². The summed E-state index contributed by atoms with van der Waals surface area (Å²) in [6, 6.07) is 0. The van der Waals surface area contributed by atoms with E-state index in [9.17, 15) is 4.79 Å². The minimum absolute atomic E-state index is 0.0521. The van der Waals surface area contributed by atoms with Gasteiger partial charge >= 0.3 is 0 Å². The van der Waals surface area contributed by atoms with Crippen molar-refractivity contribution in [3.05, 3.63) is 0 Å². The number of amides is 1. The molecule has 0 bridgehead atoms. The van der Waals surface area contributed by atoms with E-state index in [-0.39, 0.29) is 17.6 Å². The summed E-state index contributed by atoms with van der Waals surface area (Å²) < 4.78 is 5.52. The van der Waals surface area contributed by atoms with Crippen LogP contribution in [0, 0.1) is 0 Å². The van der Waals surface area contributed by atoms with Crippen LogP contribution in [0.2, 0.25) is 18.1 Å². The van der Waals surface area contributed by atoms with Crippen LogP contribution in [-0.2, 0) is 9.22 Å². The summed E-state index contributed by atoms with van der Waals surface area (Å²) in [6.07, 6.45) is 0. The van der Waals surface area contributed by atoms with Crippen LogP contribution in [0.25, 0.3) is 0 Å². The topological polar surface area (TPSA) is 52.3 Å². The van der Waals surface area contributed by atoms with E-state index in [0.717, 1.165) is 0 Å². The summed E-state index contributed by atoms with van der Waals surface area (Å²) >= 11 is 0. The van der Waals surface area contributed by atoms with Crippen molar-refractivity contribution in [3.8, 4) is 0 Å². The number of hydrogen-bond acceptors (Lipinski definition) is 2. The maximum Gasteiger partial charge on any atom is 0.242 e. The number of hydrogen-bond donors (Lipinski definition) is 1. The van der Waals surface area contributed by atoms with Gasteiger partial charge in [-0.25, -0.2) is 0 Å². The lowest BCUT2D eigenvalue weighted by Gasteiger charge is -2.35. The van der Waals surface area contributed by atoms with Crippen molar-refractivity contribution in [2.75, 3.05) is 6.61 Å². The van der Waals surface area contributed by atoms with Crippen molar-refractivity contribution in [2.45, 2.75) is 38.9 Å². The molecule has 0 heterocycles. The molecule has 0 atom stereocenters. The highest BCUT2D eigenvalue weighted by Crippen LogP contribution is 2.36. The predicted molar refractivity (Wildman–Crippen MR) is 52.3 cm³/mol. The van der Waals surface area contributed by atoms with Crippen molar-refractivity contribution in [2.24, 2.45) is 5.73 Å². The highest BCUT2D eigenvalue weighted by molar-refractivity contribution is 6.74. The Morgan fingerprint density at radius 1 is 1.42 bits per heavy atom. The molecular weight excluding hydrogens is 170 g/mol. The van der Waals surface area contributed by atoms with Gasteiger partial charge in [0, 0.05) is 0 Å². The Morgan fingerprint density at radius 2 is 1.83 bits per heavy atom. The molecule has 0 spiro atoms. The molecule has 3 nitrogen and oxygen atoms in total. The van der Waals surface area contributed by atoms with E-state index in [1.165, 1.54) is 0 Å². The first kappa shape index (κ1) is 11.6. The third-order valence-electron chi connectivity index (χ3n) is 2.38. The van der Waals surface area contributed by atoms with E-state index < -0.39 is 8.32 Å². The first-order valence-electron chi connectivity index (χ1n) is 4.09. The average molecular weight is 189 g/mol. The highest BCUT2D eigenvalue weighted by Gasteiger charge is 2.37. The Labute approximate surface area is 75.4 Å². The van der Waals surface area contributed by atoms with E-state index in [0.29, 0.717) is 0 Å². The van der Waals surface area contributed by atoms with Crippen molar-refractivity contribution in [1.82, 2.24) is 0 Å². The van der Waals surface area contributed by atoms with E-state index in [1.807, 2.05) is 0 Å². The standard InChI is InChI=1S/C8H19NO2Si/c1-8(2,3)12(4,5)11-6-7(9)10/h6H2,1-5H3,(H2,9,10). The van der Waals surface area contributed by atoms with Crippen LogP contribution in [0.15, 0.2) is 0 Å². The number of rotatable bonds is 3. The van der Waals surface area contributed by atoms with Gasteiger partial charge in [-0.05, 0) is 18.1 Å². The van der Waals surface area contributed by atoms with Gasteiger partial charge in [-0.1, -0.05) is 20.8 Å². The fraction of sp³-hybridized carbons (Fsp3) is 0.875. The van der Waals surface area contributed by atoms with Crippen LogP contribution < -0.4 is 5.73 Å². The lowest BCUT2D eigenvalue weighted by atomic mass is 10.2. The Balaban J connectivity index is 4.14. The van der Waals surface area contributed by atoms with Crippen LogP contribution in [0.5, 0.6) is 0 Å². The van der Waals surface area contributed by atoms with E-state index in [4.69, 9.17) is 10.2 Å². The minimum Gasteiger partial charge on any atom is -0.408 e. The van der Waals surface area contributed by atoms with Crippen LogP contribution in [-0.4, -0.2) is 20.8 Å². The zero-order chi connectivity index (χ0) is 9.99. The van der Waals surface area contributed by atoms with Gasteiger partial charge in [-0.15, -0.1) is 0 Å². The minimum atomic E-state index is -1.77. The second kappa shape index (κ2) is 3.58. The lowest BCUT2D eigenvalue weighted by molar-refractivity contribution is -0.120. The molecule has 12 heavy (non-hydrogen) atoms. The van der Waals surface area contributed by atoms with Gasteiger partial charge in [-0.2, -0.15) is 0 Å². The Bertz CT molecular complexity index is 172. The van der Waals surface area contributed by atoms with Crippen molar-refractivity contribution in [3.63, 3.8) is 0 Å². The molecule has 0 saturated carbocycles. The summed E-state index contributed by atoms with van der Waals surface area (Å²) in [4.78, 5) is 10.5. The molecule has 0 radical (unpaired) electrons. The van der Waals surface area contributed by atoms with E-state index in [1.54, 1.807) is 0 Å². The molecule has 0 aliphatic heterocycles. The van der Waals surface area contributed by atoms with Crippen LogP contribution >= 0.6 is 0 Å². The van der Waals surface area contributed by atoms with Crippen molar-refractivity contribution in [1.29, 1.82) is 0 Å². The molecule has 4 heteroatoms. The Kier molecular flexibility index (Phi) is 3.47. The number of carbonyl (C=O) groups excluding carboxylic acids is 1. The number of primary amides is 1. The molecule has 1 amide bonds. The van der Waals surface area contributed by atoms with Crippen LogP contribution in [0.1, 0.15) is 20.8 Å². The summed E-state index contributed by atoms with van der Waals surface area (Å²) in [7, 11) is -1.77. The maximum absolute atomic E-state index is 10.5. The largest absolute Gasteiger partial charge is 0.408 e. The second-order valence-electron chi connectivity index (χ2n) is 4.52. The van der Waals surface area contributed by atoms with Gasteiger partial charge in [0.15, 0.2) is 8.32 Å². The van der Waals surface area contributed by atoms with Gasteiger partial charge in [0.2, 0.25) is 5.91 Å². The molecule has 0 aliphatic rings. The average Bonchev–Trinajstić information content (AvgIpc) is 1.81. The smallest absolute Gasteiger partial charge is 0.242 e. The van der Waals surface area contributed by atoms with Gasteiger partial charge < -0.3 is 10.2 Å². The fourth-order valence-electron chi connectivity index (χ4n) is 0.468. The molecule has 0 aromatic carbocycles. The van der Waals surface area contributed by atoms with E-state index >= 15 is 0 Å². The third kappa shape index (κ3) is 3.36. The van der Waals surface area contributed by atoms with Gasteiger partial charge in [0.05, 0.1) is 0 Å². The molecule has 72 valence electrons. The third-order valence-corrected chi connectivity index (χ3v) is 6.86. The van der Waals surface area contributed by atoms with Gasteiger partial charge in [0.25, 0.3) is 0 Å². The predicted octanol–water partition coefficient (Wildman–Crippen LogP) is 1.49. The van der Waals surface area contributed by atoms with Crippen LogP contribution in [0.3, 0.4) is 0 Å². The van der Waals surface area contributed by atoms with Crippen LogP contribution in [0.4, 0.5) is 0 Å². The zero-order valence-corrected chi connectivity index (χ0v) is 9.60. The molecular formula is C8H19NO2Si. The maximum atomic E-state index is 10.5. The summed E-state index contributed by atoms with van der Waals surface area (Å²) in [5.74, 6) is -0.389. The zero-order valence-electron chi connectivity index (χ0n) is 8.60. The highest BCUT2D eigenvalue weighted by atomic mass is 28.4. The molecule has 0 aromatic rings. The normalized spacial score (nSPS) is 13.1. The van der Waals surface area contributed by atoms with Gasteiger partial charge in [-0.3, -0.25) is 4.79 Å². The first-order valence-corrected chi connectivity index (χ1v) is 7.00. The second-order valence-corrected chi connectivity index (χ2v) is 9.32. The summed E-state index contributed by atoms with van der Waals surface area (Å²) in [5, 5.41) is 0.141. The first-order chi connectivity index (χ1) is 5.17. The van der Waals surface area contributed by atoms with E-state index in [2.05, 4.69) is 33.9 Å². The summed E-state index contributed by atoms with van der Waals surface area (Å²) in [6.45, 7) is 10.6. The number of carbonyl (C=O) groups is 1. The number of nitrogens with two attached hydrogens (primary N) is 1. The Hall–Kier alpha value is -0.353. The fourth-order valence-corrected chi connectivity index (χ4v) is 1.40. The Morgan fingerprint density at radius 3 is 2.08 bits per heavy atom. The lowest BCUT2D eigenvalue weighted by Crippen LogP contribution is -2.42. The molecule has 0 fully saturated rings. The molecule has 0 aromatic heterocycles. The molecule has 2 N–H and O–H groups in total. The monoisotopic (exact) mass is 189 g/mol. The van der Waals surface area contributed by atoms with Crippen molar-refractivity contribution >= 4 is 14.2 Å². The summed E-state index contributed by atoms with van der Waals surface area (Å²) in [5.41, 5.74) is 5.00. The molecule has 0 rings (SSSR count). The van der Waals surface area contributed by atoms with Crippen molar-refractivity contribution < 1.29 is 9.22 Å². The molecule has 0 unspecified atom stereocenters. The SMILES string of the molecule is CC(C)(C)[Si](C)(C)OCC(N)=O.